The second-order valence-electron chi connectivity index (χ2n) is 4.62. The van der Waals surface area contributed by atoms with E-state index < -0.39 is 0 Å². The van der Waals surface area contributed by atoms with Gasteiger partial charge in [0, 0.05) is 17.9 Å². The van der Waals surface area contributed by atoms with Crippen molar-refractivity contribution in [3.63, 3.8) is 0 Å². The average Bonchev–Trinajstić information content (AvgIpc) is 2.93. The molecule has 1 aromatic carbocycles. The third kappa shape index (κ3) is 3.63. The molecule has 0 unspecified atom stereocenters. The molecule has 118 valence electrons. The van der Waals surface area contributed by atoms with E-state index in [4.69, 9.17) is 15.3 Å². The van der Waals surface area contributed by atoms with Gasteiger partial charge in [0.05, 0.1) is 12.2 Å². The number of benzene rings is 1. The van der Waals surface area contributed by atoms with Gasteiger partial charge in [0.2, 0.25) is 0 Å². The van der Waals surface area contributed by atoms with Crippen LogP contribution in [0, 0.1) is 6.92 Å². The molecule has 4 N–H and O–H groups in total. The van der Waals surface area contributed by atoms with Crippen LogP contribution in [0.15, 0.2) is 24.3 Å². The van der Waals surface area contributed by atoms with Gasteiger partial charge in [-0.05, 0) is 26.0 Å². The minimum Gasteiger partial charge on any atom is -0.491 e. The number of carbonyl (C=O) groups is 1. The molecule has 1 amide bonds. The third-order valence-electron chi connectivity index (χ3n) is 3.11. The fourth-order valence-electron chi connectivity index (χ4n) is 2.08. The lowest BCUT2D eigenvalue weighted by molar-refractivity contribution is 0.0953. The van der Waals surface area contributed by atoms with Crippen LogP contribution in [0.3, 0.4) is 0 Å². The van der Waals surface area contributed by atoms with Gasteiger partial charge >= 0.3 is 0 Å². The van der Waals surface area contributed by atoms with Gasteiger partial charge in [0.1, 0.15) is 18.1 Å². The molecular weight excluding hydrogens is 284 g/mol. The quantitative estimate of drug-likeness (QED) is 0.310. The first-order valence-electron chi connectivity index (χ1n) is 7.04. The molecule has 0 saturated carbocycles. The first kappa shape index (κ1) is 16.0. The van der Waals surface area contributed by atoms with Crippen LogP contribution in [0.25, 0.3) is 11.3 Å². The molecule has 22 heavy (non-hydrogen) atoms. The summed E-state index contributed by atoms with van der Waals surface area (Å²) in [7, 11) is 0. The summed E-state index contributed by atoms with van der Waals surface area (Å²) in [6.45, 7) is 5.36. The molecule has 0 aliphatic rings. The number of nitrogens with two attached hydrogens (primary N) is 1. The van der Waals surface area contributed by atoms with Crippen molar-refractivity contribution >= 4 is 5.91 Å². The van der Waals surface area contributed by atoms with Gasteiger partial charge in [-0.2, -0.15) is 5.10 Å². The third-order valence-corrected chi connectivity index (χ3v) is 3.11. The zero-order chi connectivity index (χ0) is 15.9. The zero-order valence-corrected chi connectivity index (χ0v) is 12.7. The van der Waals surface area contributed by atoms with Crippen molar-refractivity contribution in [3.8, 4) is 17.0 Å². The highest BCUT2D eigenvalue weighted by molar-refractivity contribution is 6.00. The van der Waals surface area contributed by atoms with E-state index >= 15 is 0 Å². The topological polar surface area (TPSA) is 102 Å². The number of nitrogens with one attached hydrogen (secondary N) is 2. The van der Waals surface area contributed by atoms with E-state index in [1.807, 2.05) is 31.2 Å². The highest BCUT2D eigenvalue weighted by atomic mass is 16.5. The first-order valence-corrected chi connectivity index (χ1v) is 7.04. The fraction of sp³-hybridized carbons (Fsp3) is 0.333. The normalized spacial score (nSPS) is 10.5. The summed E-state index contributed by atoms with van der Waals surface area (Å²) in [5.41, 5.74) is 4.53. The van der Waals surface area contributed by atoms with Crippen molar-refractivity contribution in [2.75, 3.05) is 19.8 Å². The first-order chi connectivity index (χ1) is 10.7. The van der Waals surface area contributed by atoms with Gasteiger partial charge in [0.25, 0.3) is 5.91 Å². The monoisotopic (exact) mass is 304 g/mol. The number of ether oxygens (including phenoxy) is 2. The number of aromatic amines is 1. The van der Waals surface area contributed by atoms with Crippen LogP contribution in [0.1, 0.15) is 23.0 Å². The van der Waals surface area contributed by atoms with Crippen LogP contribution in [0.5, 0.6) is 5.75 Å². The van der Waals surface area contributed by atoms with Crippen molar-refractivity contribution < 1.29 is 14.3 Å². The highest BCUT2D eigenvalue weighted by Crippen LogP contribution is 2.26. The summed E-state index contributed by atoms with van der Waals surface area (Å²) in [5.74, 6) is 5.53. The lowest BCUT2D eigenvalue weighted by Crippen LogP contribution is -2.30. The Morgan fingerprint density at radius 3 is 2.95 bits per heavy atom. The molecule has 0 aliphatic heterocycles. The number of nitrogens with zero attached hydrogens (tertiary/aromatic N) is 1. The average molecular weight is 304 g/mol. The second-order valence-corrected chi connectivity index (χ2v) is 4.62. The molecule has 0 aliphatic carbocycles. The van der Waals surface area contributed by atoms with Gasteiger partial charge in [-0.25, -0.2) is 5.84 Å². The number of rotatable bonds is 7. The number of aromatic nitrogens is 2. The lowest BCUT2D eigenvalue weighted by atomic mass is 10.1. The summed E-state index contributed by atoms with van der Waals surface area (Å²) in [5, 5.41) is 6.99. The number of amides is 1. The largest absolute Gasteiger partial charge is 0.491 e. The van der Waals surface area contributed by atoms with Gasteiger partial charge in [-0.15, -0.1) is 0 Å². The summed E-state index contributed by atoms with van der Waals surface area (Å²) in [4.78, 5) is 11.9. The number of nitrogen functional groups attached to an aromatic ring is 1. The smallest absolute Gasteiger partial charge is 0.269 e. The lowest BCUT2D eigenvalue weighted by Gasteiger charge is -2.08. The number of H-pyrrole nitrogens is 1. The standard InChI is InChI=1S/C15H20N4O3/c1-3-21-7-8-22-12-6-4-5-11(9-12)14-13(15(20)17-16)10(2)18-19-14/h4-6,9H,3,7-8,16H2,1-2H3,(H,17,20)(H,18,19). The van der Waals surface area contributed by atoms with Crippen LogP contribution in [-0.4, -0.2) is 35.9 Å². The van der Waals surface area contributed by atoms with Crippen molar-refractivity contribution in [1.29, 1.82) is 0 Å². The Labute approximate surface area is 128 Å². The molecule has 0 fully saturated rings. The number of hydrazine groups is 1. The minimum absolute atomic E-state index is 0.385. The Morgan fingerprint density at radius 1 is 1.41 bits per heavy atom. The van der Waals surface area contributed by atoms with Crippen LogP contribution >= 0.6 is 0 Å². The second kappa shape index (κ2) is 7.58. The molecule has 0 radical (unpaired) electrons. The molecule has 1 aromatic heterocycles. The van der Waals surface area contributed by atoms with E-state index in [1.54, 1.807) is 6.92 Å². The molecule has 0 atom stereocenters. The number of carbonyl (C=O) groups excluding carboxylic acids is 1. The highest BCUT2D eigenvalue weighted by Gasteiger charge is 2.18. The van der Waals surface area contributed by atoms with E-state index in [1.165, 1.54) is 0 Å². The molecule has 0 bridgehead atoms. The van der Waals surface area contributed by atoms with Crippen molar-refractivity contribution in [2.45, 2.75) is 13.8 Å². The molecule has 7 heteroatoms. The Kier molecular flexibility index (Phi) is 5.51. The Bertz CT molecular complexity index is 639. The van der Waals surface area contributed by atoms with E-state index in [9.17, 15) is 4.79 Å². The van der Waals surface area contributed by atoms with Gasteiger partial charge in [-0.1, -0.05) is 12.1 Å². The molecule has 7 nitrogen and oxygen atoms in total. The Balaban J connectivity index is 2.21. The van der Waals surface area contributed by atoms with Crippen LogP contribution < -0.4 is 16.0 Å². The van der Waals surface area contributed by atoms with Crippen LogP contribution in [0.4, 0.5) is 0 Å². The SMILES string of the molecule is CCOCCOc1cccc(-c2n[nH]c(C)c2C(=O)NN)c1. The Morgan fingerprint density at radius 2 is 2.23 bits per heavy atom. The van der Waals surface area contributed by atoms with E-state index in [2.05, 4.69) is 15.6 Å². The molecule has 1 heterocycles. The molecular formula is C15H20N4O3. The van der Waals surface area contributed by atoms with Gasteiger partial charge in [-0.3, -0.25) is 15.3 Å². The van der Waals surface area contributed by atoms with Gasteiger partial charge < -0.3 is 9.47 Å². The minimum atomic E-state index is -0.385. The summed E-state index contributed by atoms with van der Waals surface area (Å²) < 4.78 is 10.8. The summed E-state index contributed by atoms with van der Waals surface area (Å²) in [6, 6.07) is 7.38. The van der Waals surface area contributed by atoms with Crippen molar-refractivity contribution in [2.24, 2.45) is 5.84 Å². The molecule has 2 rings (SSSR count). The van der Waals surface area contributed by atoms with Crippen LogP contribution in [-0.2, 0) is 4.74 Å². The van der Waals surface area contributed by atoms with Crippen LogP contribution in [0.2, 0.25) is 0 Å². The number of hydrogen-bond donors (Lipinski definition) is 3. The fourth-order valence-corrected chi connectivity index (χ4v) is 2.08. The van der Waals surface area contributed by atoms with E-state index in [0.29, 0.717) is 42.5 Å². The van der Waals surface area contributed by atoms with Crippen molar-refractivity contribution in [3.05, 3.63) is 35.5 Å². The molecule has 0 spiro atoms. The Hall–Kier alpha value is -2.38. The predicted octanol–water partition coefficient (Wildman–Crippen LogP) is 1.40. The maximum absolute atomic E-state index is 11.9. The zero-order valence-electron chi connectivity index (χ0n) is 12.7. The number of aryl methyl sites for hydroxylation is 1. The maximum atomic E-state index is 11.9. The summed E-state index contributed by atoms with van der Waals surface area (Å²) in [6.07, 6.45) is 0. The summed E-state index contributed by atoms with van der Waals surface area (Å²) >= 11 is 0. The molecule has 0 saturated heterocycles. The van der Waals surface area contributed by atoms with Crippen molar-refractivity contribution in [1.82, 2.24) is 15.6 Å². The van der Waals surface area contributed by atoms with E-state index in [0.717, 1.165) is 5.56 Å². The maximum Gasteiger partial charge on any atom is 0.269 e. The van der Waals surface area contributed by atoms with Gasteiger partial charge in [0.15, 0.2) is 0 Å². The number of hydrogen-bond acceptors (Lipinski definition) is 5. The predicted molar refractivity (Wildman–Crippen MR) is 82.4 cm³/mol. The van der Waals surface area contributed by atoms with E-state index in [-0.39, 0.29) is 5.91 Å². The molecule has 2 aromatic rings.